The van der Waals surface area contributed by atoms with E-state index in [0.29, 0.717) is 5.92 Å². The molecule has 0 bridgehead atoms. The summed E-state index contributed by atoms with van der Waals surface area (Å²) >= 11 is 0. The smallest absolute Gasteiger partial charge is 0.0366 e. The third kappa shape index (κ3) is 4.20. The van der Waals surface area contributed by atoms with Gasteiger partial charge in [-0.1, -0.05) is 38.1 Å². The molecule has 1 nitrogen and oxygen atoms in total. The third-order valence-corrected chi connectivity index (χ3v) is 2.31. The highest BCUT2D eigenvalue weighted by Gasteiger charge is 2.06. The van der Waals surface area contributed by atoms with Crippen LogP contribution < -0.4 is 4.90 Å². The molecule has 0 aliphatic heterocycles. The van der Waals surface area contributed by atoms with Crippen molar-refractivity contribution in [2.75, 3.05) is 18.0 Å². The van der Waals surface area contributed by atoms with E-state index in [1.165, 1.54) is 5.69 Å². The quantitative estimate of drug-likeness (QED) is 0.637. The van der Waals surface area contributed by atoms with E-state index >= 15 is 0 Å². The second kappa shape index (κ2) is 6.28. The Morgan fingerprint density at radius 1 is 1.27 bits per heavy atom. The minimum Gasteiger partial charge on any atom is -0.371 e. The zero-order chi connectivity index (χ0) is 11.1. The van der Waals surface area contributed by atoms with Crippen LogP contribution >= 0.6 is 0 Å². The van der Waals surface area contributed by atoms with E-state index < -0.39 is 0 Å². The molecule has 0 N–H and O–H groups in total. The molecule has 0 saturated carbocycles. The molecule has 0 aliphatic rings. The molecular formula is C14H21N. The summed E-state index contributed by atoms with van der Waals surface area (Å²) in [4.78, 5) is 2.42. The molecule has 0 fully saturated rings. The summed E-state index contributed by atoms with van der Waals surface area (Å²) < 4.78 is 0. The average molecular weight is 203 g/mol. The summed E-state index contributed by atoms with van der Waals surface area (Å²) in [5.74, 6) is 0.690. The van der Waals surface area contributed by atoms with Crippen LogP contribution in [0.1, 0.15) is 20.3 Å². The molecule has 0 radical (unpaired) electrons. The second-order valence-corrected chi connectivity index (χ2v) is 4.25. The van der Waals surface area contributed by atoms with Gasteiger partial charge in [-0.3, -0.25) is 0 Å². The number of anilines is 1. The maximum Gasteiger partial charge on any atom is 0.0366 e. The Balaban J connectivity index is 2.67. The average Bonchev–Trinajstić information content (AvgIpc) is 2.25. The van der Waals surface area contributed by atoms with Gasteiger partial charge in [0.05, 0.1) is 0 Å². The Morgan fingerprint density at radius 2 is 1.93 bits per heavy atom. The fourth-order valence-electron chi connectivity index (χ4n) is 1.65. The van der Waals surface area contributed by atoms with Crippen LogP contribution in [0.3, 0.4) is 0 Å². The fourth-order valence-corrected chi connectivity index (χ4v) is 1.65. The van der Waals surface area contributed by atoms with Gasteiger partial charge in [0.1, 0.15) is 0 Å². The van der Waals surface area contributed by atoms with Gasteiger partial charge < -0.3 is 4.90 Å². The normalized spacial score (nSPS) is 10.3. The predicted molar refractivity (Wildman–Crippen MR) is 68.3 cm³/mol. The standard InChI is InChI=1S/C14H21N/c1-4-5-11-15(12-13(2)3)14-9-7-6-8-10-14/h4,6-10,13H,1,5,11-12H2,2-3H3. The Bertz CT molecular complexity index is 277. The lowest BCUT2D eigenvalue weighted by Crippen LogP contribution is -2.28. The molecule has 1 aromatic rings. The molecule has 0 saturated heterocycles. The monoisotopic (exact) mass is 203 g/mol. The number of rotatable bonds is 6. The third-order valence-electron chi connectivity index (χ3n) is 2.31. The van der Waals surface area contributed by atoms with Gasteiger partial charge in [-0.2, -0.15) is 0 Å². The van der Waals surface area contributed by atoms with Gasteiger partial charge in [-0.15, -0.1) is 6.58 Å². The van der Waals surface area contributed by atoms with Gasteiger partial charge >= 0.3 is 0 Å². The molecule has 0 aliphatic carbocycles. The number of para-hydroxylation sites is 1. The summed E-state index contributed by atoms with van der Waals surface area (Å²) in [6, 6.07) is 10.6. The lowest BCUT2D eigenvalue weighted by atomic mass is 10.2. The molecular weight excluding hydrogens is 182 g/mol. The molecule has 0 atom stereocenters. The Morgan fingerprint density at radius 3 is 2.47 bits per heavy atom. The Labute approximate surface area is 93.4 Å². The molecule has 0 aromatic heterocycles. The summed E-state index contributed by atoms with van der Waals surface area (Å²) in [5.41, 5.74) is 1.31. The van der Waals surface area contributed by atoms with Gasteiger partial charge in [0.2, 0.25) is 0 Å². The molecule has 15 heavy (non-hydrogen) atoms. The van der Waals surface area contributed by atoms with Crippen molar-refractivity contribution in [3.63, 3.8) is 0 Å². The summed E-state index contributed by atoms with van der Waals surface area (Å²) in [5, 5.41) is 0. The minimum atomic E-state index is 0.690. The van der Waals surface area contributed by atoms with E-state index in [4.69, 9.17) is 0 Å². The zero-order valence-electron chi connectivity index (χ0n) is 9.82. The molecule has 1 aromatic carbocycles. The van der Waals surface area contributed by atoms with Gasteiger partial charge in [0.25, 0.3) is 0 Å². The van der Waals surface area contributed by atoms with Crippen LogP contribution in [-0.4, -0.2) is 13.1 Å². The van der Waals surface area contributed by atoms with Crippen LogP contribution in [0.15, 0.2) is 43.0 Å². The van der Waals surface area contributed by atoms with Crippen LogP contribution in [0, 0.1) is 5.92 Å². The Kier molecular flexibility index (Phi) is 4.96. The largest absolute Gasteiger partial charge is 0.371 e. The lowest BCUT2D eigenvalue weighted by Gasteiger charge is -2.26. The van der Waals surface area contributed by atoms with Crippen LogP contribution in [0.2, 0.25) is 0 Å². The fraction of sp³-hybridized carbons (Fsp3) is 0.429. The minimum absolute atomic E-state index is 0.690. The number of hydrogen-bond acceptors (Lipinski definition) is 1. The van der Waals surface area contributed by atoms with E-state index in [9.17, 15) is 0 Å². The molecule has 1 rings (SSSR count). The molecule has 0 unspecified atom stereocenters. The van der Waals surface area contributed by atoms with Crippen molar-refractivity contribution in [3.8, 4) is 0 Å². The van der Waals surface area contributed by atoms with Gasteiger partial charge in [0, 0.05) is 18.8 Å². The first-order chi connectivity index (χ1) is 7.24. The van der Waals surface area contributed by atoms with Crippen molar-refractivity contribution in [2.24, 2.45) is 5.92 Å². The zero-order valence-corrected chi connectivity index (χ0v) is 9.82. The van der Waals surface area contributed by atoms with E-state index in [1.807, 2.05) is 6.08 Å². The van der Waals surface area contributed by atoms with Crippen molar-refractivity contribution in [1.82, 2.24) is 0 Å². The first kappa shape index (κ1) is 11.8. The van der Waals surface area contributed by atoms with Crippen molar-refractivity contribution >= 4 is 5.69 Å². The summed E-state index contributed by atoms with van der Waals surface area (Å²) in [6.45, 7) is 10.5. The van der Waals surface area contributed by atoms with E-state index in [0.717, 1.165) is 19.5 Å². The van der Waals surface area contributed by atoms with E-state index in [-0.39, 0.29) is 0 Å². The van der Waals surface area contributed by atoms with Gasteiger partial charge in [-0.25, -0.2) is 0 Å². The number of nitrogens with zero attached hydrogens (tertiary/aromatic N) is 1. The molecule has 0 heterocycles. The molecule has 0 amide bonds. The highest BCUT2D eigenvalue weighted by molar-refractivity contribution is 5.45. The van der Waals surface area contributed by atoms with E-state index in [1.54, 1.807) is 0 Å². The van der Waals surface area contributed by atoms with Crippen molar-refractivity contribution in [2.45, 2.75) is 20.3 Å². The second-order valence-electron chi connectivity index (χ2n) is 4.25. The lowest BCUT2D eigenvalue weighted by molar-refractivity contribution is 0.611. The van der Waals surface area contributed by atoms with Crippen molar-refractivity contribution in [1.29, 1.82) is 0 Å². The molecule has 82 valence electrons. The number of benzene rings is 1. The first-order valence-electron chi connectivity index (χ1n) is 5.65. The van der Waals surface area contributed by atoms with Gasteiger partial charge in [0.15, 0.2) is 0 Å². The Hall–Kier alpha value is -1.24. The van der Waals surface area contributed by atoms with E-state index in [2.05, 4.69) is 55.7 Å². The van der Waals surface area contributed by atoms with Crippen molar-refractivity contribution in [3.05, 3.63) is 43.0 Å². The van der Waals surface area contributed by atoms with Crippen LogP contribution in [0.5, 0.6) is 0 Å². The highest BCUT2D eigenvalue weighted by Crippen LogP contribution is 2.15. The first-order valence-corrected chi connectivity index (χ1v) is 5.65. The maximum absolute atomic E-state index is 3.78. The van der Waals surface area contributed by atoms with Crippen molar-refractivity contribution < 1.29 is 0 Å². The topological polar surface area (TPSA) is 3.24 Å². The number of hydrogen-bond donors (Lipinski definition) is 0. The summed E-state index contributed by atoms with van der Waals surface area (Å²) in [7, 11) is 0. The maximum atomic E-state index is 3.78. The van der Waals surface area contributed by atoms with Gasteiger partial charge in [-0.05, 0) is 24.5 Å². The van der Waals surface area contributed by atoms with Crippen LogP contribution in [0.25, 0.3) is 0 Å². The van der Waals surface area contributed by atoms with Crippen LogP contribution in [0.4, 0.5) is 5.69 Å². The SMILES string of the molecule is C=CCCN(CC(C)C)c1ccccc1. The molecule has 1 heteroatoms. The highest BCUT2D eigenvalue weighted by atomic mass is 15.1. The van der Waals surface area contributed by atoms with Crippen LogP contribution in [-0.2, 0) is 0 Å². The molecule has 0 spiro atoms. The summed E-state index contributed by atoms with van der Waals surface area (Å²) in [6.07, 6.45) is 3.03. The predicted octanol–water partition coefficient (Wildman–Crippen LogP) is 3.73.